The Morgan fingerprint density at radius 2 is 1.02 bits per heavy atom. The van der Waals surface area contributed by atoms with Crippen molar-refractivity contribution < 1.29 is 49.0 Å². The fourth-order valence-corrected chi connectivity index (χ4v) is 6.45. The van der Waals surface area contributed by atoms with Crippen LogP contribution in [0, 0.1) is 0 Å². The number of hydrogen-bond acceptors (Lipinski definition) is 10. The lowest BCUT2D eigenvalue weighted by molar-refractivity contribution is -0.305. The van der Waals surface area contributed by atoms with Gasteiger partial charge in [0.15, 0.2) is 12.4 Å². The van der Waals surface area contributed by atoms with Crippen molar-refractivity contribution in [2.45, 2.75) is 218 Å². The van der Waals surface area contributed by atoms with Gasteiger partial charge in [-0.3, -0.25) is 9.59 Å². The van der Waals surface area contributed by atoms with Crippen molar-refractivity contribution in [1.29, 1.82) is 0 Å². The van der Waals surface area contributed by atoms with E-state index in [0.29, 0.717) is 12.8 Å². The number of allylic oxidation sites excluding steroid dienone is 6. The number of aliphatic hydroxyl groups is 4. The molecule has 1 aliphatic rings. The van der Waals surface area contributed by atoms with Gasteiger partial charge in [-0.05, 0) is 70.6 Å². The highest BCUT2D eigenvalue weighted by Gasteiger charge is 2.44. The summed E-state index contributed by atoms with van der Waals surface area (Å²) in [4.78, 5) is 25.3. The first-order valence-corrected chi connectivity index (χ1v) is 22.1. The molecule has 0 spiro atoms. The molecule has 0 aliphatic carbocycles. The summed E-state index contributed by atoms with van der Waals surface area (Å²) in [6, 6.07) is 0. The van der Waals surface area contributed by atoms with Crippen LogP contribution in [-0.2, 0) is 28.5 Å². The number of esters is 2. The molecular weight excluding hydrogens is 700 g/mol. The van der Waals surface area contributed by atoms with Crippen LogP contribution >= 0.6 is 0 Å². The molecule has 0 radical (unpaired) electrons. The number of rotatable bonds is 36. The number of hydrogen-bond donors (Lipinski definition) is 4. The van der Waals surface area contributed by atoms with Crippen molar-refractivity contribution in [1.82, 2.24) is 0 Å². The summed E-state index contributed by atoms with van der Waals surface area (Å²) in [6.45, 7) is 3.36. The maximum atomic E-state index is 12.8. The molecule has 320 valence electrons. The maximum absolute atomic E-state index is 12.8. The van der Waals surface area contributed by atoms with Crippen LogP contribution in [0.4, 0.5) is 0 Å². The molecular formula is C45H80O10. The zero-order valence-electron chi connectivity index (χ0n) is 34.7. The lowest BCUT2D eigenvalue weighted by Crippen LogP contribution is -2.59. The average Bonchev–Trinajstić information content (AvgIpc) is 3.18. The SMILES string of the molecule is CCCCC/C=C/C/C=C/CCCCCCCCCC(=O)O[C@H](COC(=O)CCCCC/C=C/CCCCCCCC)CO[C@@H]1O[C@H](CO)[C@H](O)C(O)C1O. The largest absolute Gasteiger partial charge is 0.462 e. The third-order valence-corrected chi connectivity index (χ3v) is 10.00. The van der Waals surface area contributed by atoms with E-state index >= 15 is 0 Å². The molecule has 0 saturated carbocycles. The van der Waals surface area contributed by atoms with Crippen molar-refractivity contribution in [2.24, 2.45) is 0 Å². The molecule has 10 nitrogen and oxygen atoms in total. The van der Waals surface area contributed by atoms with E-state index in [1.807, 2.05) is 0 Å². The van der Waals surface area contributed by atoms with Crippen LogP contribution in [0.3, 0.4) is 0 Å². The topological polar surface area (TPSA) is 152 Å². The van der Waals surface area contributed by atoms with E-state index in [2.05, 4.69) is 50.3 Å². The van der Waals surface area contributed by atoms with E-state index in [0.717, 1.165) is 57.8 Å². The fourth-order valence-electron chi connectivity index (χ4n) is 6.45. The number of aliphatic hydroxyl groups excluding tert-OH is 4. The van der Waals surface area contributed by atoms with Crippen LogP contribution in [0.15, 0.2) is 36.5 Å². The summed E-state index contributed by atoms with van der Waals surface area (Å²) in [5, 5.41) is 40.0. The summed E-state index contributed by atoms with van der Waals surface area (Å²) in [5.41, 5.74) is 0. The van der Waals surface area contributed by atoms with Crippen LogP contribution < -0.4 is 0 Å². The first kappa shape index (κ1) is 50.9. The van der Waals surface area contributed by atoms with Gasteiger partial charge >= 0.3 is 11.9 Å². The average molecular weight is 781 g/mol. The van der Waals surface area contributed by atoms with Gasteiger partial charge in [0.25, 0.3) is 0 Å². The Labute approximate surface area is 334 Å². The Bertz CT molecular complexity index is 996. The lowest BCUT2D eigenvalue weighted by Gasteiger charge is -2.39. The molecule has 2 unspecified atom stereocenters. The monoisotopic (exact) mass is 781 g/mol. The number of carbonyl (C=O) groups excluding carboxylic acids is 2. The molecule has 0 aromatic carbocycles. The molecule has 1 heterocycles. The second kappa shape index (κ2) is 36.3. The summed E-state index contributed by atoms with van der Waals surface area (Å²) in [5.74, 6) is -0.834. The van der Waals surface area contributed by atoms with E-state index < -0.39 is 55.4 Å². The molecule has 6 atom stereocenters. The minimum absolute atomic E-state index is 0.218. The number of carbonyl (C=O) groups is 2. The van der Waals surface area contributed by atoms with Gasteiger partial charge in [-0.15, -0.1) is 0 Å². The summed E-state index contributed by atoms with van der Waals surface area (Å²) < 4.78 is 22.1. The molecule has 0 amide bonds. The van der Waals surface area contributed by atoms with E-state index in [4.69, 9.17) is 18.9 Å². The van der Waals surface area contributed by atoms with Gasteiger partial charge in [-0.25, -0.2) is 0 Å². The number of ether oxygens (including phenoxy) is 4. The molecule has 0 aromatic rings. The fraction of sp³-hybridized carbons (Fsp3) is 0.822. The third-order valence-electron chi connectivity index (χ3n) is 10.00. The lowest BCUT2D eigenvalue weighted by atomic mass is 9.99. The molecule has 55 heavy (non-hydrogen) atoms. The molecule has 0 aromatic heterocycles. The first-order valence-electron chi connectivity index (χ1n) is 22.1. The Hall–Kier alpha value is -2.08. The van der Waals surface area contributed by atoms with Gasteiger partial charge in [-0.1, -0.05) is 134 Å². The van der Waals surface area contributed by atoms with Crippen LogP contribution in [0.5, 0.6) is 0 Å². The molecule has 1 saturated heterocycles. The van der Waals surface area contributed by atoms with Crippen LogP contribution in [0.1, 0.15) is 181 Å². The minimum Gasteiger partial charge on any atom is -0.462 e. The summed E-state index contributed by atoms with van der Waals surface area (Å²) in [6.07, 6.45) is 32.9. The smallest absolute Gasteiger partial charge is 0.306 e. The molecule has 4 N–H and O–H groups in total. The van der Waals surface area contributed by atoms with Gasteiger partial charge in [0.05, 0.1) is 13.2 Å². The Balaban J connectivity index is 2.35. The molecule has 0 bridgehead atoms. The Morgan fingerprint density at radius 3 is 1.58 bits per heavy atom. The Kier molecular flexibility index (Phi) is 33.6. The maximum Gasteiger partial charge on any atom is 0.306 e. The van der Waals surface area contributed by atoms with Gasteiger partial charge in [0, 0.05) is 12.8 Å². The van der Waals surface area contributed by atoms with E-state index in [1.165, 1.54) is 83.5 Å². The van der Waals surface area contributed by atoms with Crippen LogP contribution in [0.25, 0.3) is 0 Å². The van der Waals surface area contributed by atoms with Gasteiger partial charge in [0.1, 0.15) is 31.0 Å². The second-order valence-electron chi connectivity index (χ2n) is 15.1. The molecule has 1 fully saturated rings. The van der Waals surface area contributed by atoms with Crippen LogP contribution in [-0.4, -0.2) is 89.0 Å². The van der Waals surface area contributed by atoms with Crippen LogP contribution in [0.2, 0.25) is 0 Å². The van der Waals surface area contributed by atoms with Gasteiger partial charge in [-0.2, -0.15) is 0 Å². The van der Waals surface area contributed by atoms with E-state index in [9.17, 15) is 30.0 Å². The minimum atomic E-state index is -1.60. The molecule has 10 heteroatoms. The Morgan fingerprint density at radius 1 is 0.564 bits per heavy atom. The quantitative estimate of drug-likeness (QED) is 0.0275. The normalized spacial score (nSPS) is 20.9. The summed E-state index contributed by atoms with van der Waals surface area (Å²) >= 11 is 0. The first-order chi connectivity index (χ1) is 26.8. The van der Waals surface area contributed by atoms with E-state index in [1.54, 1.807) is 0 Å². The number of unbranched alkanes of at least 4 members (excludes halogenated alkanes) is 19. The predicted molar refractivity (Wildman–Crippen MR) is 219 cm³/mol. The molecule has 1 rings (SSSR count). The standard InChI is InChI=1S/C45H80O10/c1-3-5-7-9-11-13-15-17-18-19-20-22-24-26-28-30-32-34-41(48)54-38(37-53-45-44(51)43(50)42(49)39(35-46)55-45)36-52-40(47)33-31-29-27-25-23-21-16-14-12-10-8-6-4-2/h11,13,17-18,21,23,38-39,42-46,49-51H,3-10,12,14-16,19-20,22,24-37H2,1-2H3/b13-11+,18-17+,23-21+/t38-,39-,42+,43?,44?,45-/m1/s1. The highest BCUT2D eigenvalue weighted by Crippen LogP contribution is 2.22. The summed E-state index contributed by atoms with van der Waals surface area (Å²) in [7, 11) is 0. The third kappa shape index (κ3) is 28.0. The van der Waals surface area contributed by atoms with Crippen molar-refractivity contribution in [3.63, 3.8) is 0 Å². The van der Waals surface area contributed by atoms with Crippen molar-refractivity contribution >= 4 is 11.9 Å². The predicted octanol–water partition coefficient (Wildman–Crippen LogP) is 9.11. The van der Waals surface area contributed by atoms with Gasteiger partial charge < -0.3 is 39.4 Å². The highest BCUT2D eigenvalue weighted by molar-refractivity contribution is 5.70. The van der Waals surface area contributed by atoms with Crippen molar-refractivity contribution in [3.05, 3.63) is 36.5 Å². The van der Waals surface area contributed by atoms with Gasteiger partial charge in [0.2, 0.25) is 0 Å². The second-order valence-corrected chi connectivity index (χ2v) is 15.1. The van der Waals surface area contributed by atoms with Crippen molar-refractivity contribution in [2.75, 3.05) is 19.8 Å². The molecule has 1 aliphatic heterocycles. The zero-order chi connectivity index (χ0) is 40.2. The zero-order valence-corrected chi connectivity index (χ0v) is 34.7. The van der Waals surface area contributed by atoms with Crippen molar-refractivity contribution in [3.8, 4) is 0 Å². The highest BCUT2D eigenvalue weighted by atomic mass is 16.7. The van der Waals surface area contributed by atoms with E-state index in [-0.39, 0.29) is 26.1 Å².